The van der Waals surface area contributed by atoms with Gasteiger partial charge in [-0.25, -0.2) is 0 Å². The summed E-state index contributed by atoms with van der Waals surface area (Å²) in [5.74, 6) is 0.137. The Hall–Kier alpha value is -3.12. The number of nitrogens with one attached hydrogen (secondary N) is 1. The Morgan fingerprint density at radius 1 is 0.914 bits per heavy atom. The summed E-state index contributed by atoms with van der Waals surface area (Å²) in [4.78, 5) is 35.4. The van der Waals surface area contributed by atoms with Gasteiger partial charge < -0.3 is 20.1 Å². The van der Waals surface area contributed by atoms with Gasteiger partial charge in [-0.15, -0.1) is 0 Å². The van der Waals surface area contributed by atoms with Gasteiger partial charge in [-0.3, -0.25) is 9.59 Å². The lowest BCUT2D eigenvalue weighted by atomic mass is 9.78. The molecule has 6 heteroatoms. The van der Waals surface area contributed by atoms with E-state index in [1.54, 1.807) is 0 Å². The number of carbonyl (C=O) groups excluding carboxylic acids is 2. The van der Waals surface area contributed by atoms with Crippen LogP contribution in [0.1, 0.15) is 63.4 Å². The molecule has 4 heterocycles. The molecule has 2 fully saturated rings. The smallest absolute Gasteiger partial charge is 0.246 e. The number of hydrogen-bond acceptors (Lipinski definition) is 2. The van der Waals surface area contributed by atoms with Gasteiger partial charge in [-0.05, 0) is 44.9 Å². The minimum atomic E-state index is -0.481. The van der Waals surface area contributed by atoms with Crippen molar-refractivity contribution in [1.29, 1.82) is 0 Å². The second-order valence-corrected chi connectivity index (χ2v) is 12.0. The summed E-state index contributed by atoms with van der Waals surface area (Å²) in [7, 11) is 0. The van der Waals surface area contributed by atoms with Crippen molar-refractivity contribution in [3.8, 4) is 0 Å². The Morgan fingerprint density at radius 3 is 2.29 bits per heavy atom. The number of nitrogens with two attached hydrogens (primary N) is 1. The van der Waals surface area contributed by atoms with Crippen molar-refractivity contribution in [2.75, 3.05) is 6.54 Å². The summed E-state index contributed by atoms with van der Waals surface area (Å²) < 4.78 is 0. The van der Waals surface area contributed by atoms with Crippen LogP contribution >= 0.6 is 0 Å². The van der Waals surface area contributed by atoms with Gasteiger partial charge in [0.05, 0.1) is 17.1 Å². The van der Waals surface area contributed by atoms with Crippen LogP contribution < -0.4 is 5.32 Å². The normalized spacial score (nSPS) is 26.1. The summed E-state index contributed by atoms with van der Waals surface area (Å²) in [6, 6.07) is 17.7. The first-order chi connectivity index (χ1) is 16.6. The number of fused-ring (bicyclic) bond motifs is 4. The molecule has 3 aliphatic heterocycles. The zero-order valence-electron chi connectivity index (χ0n) is 21.0. The molecule has 6 rings (SSSR count). The predicted molar refractivity (Wildman–Crippen MR) is 136 cm³/mol. The highest BCUT2D eigenvalue weighted by Gasteiger charge is 2.52. The van der Waals surface area contributed by atoms with Gasteiger partial charge in [0.1, 0.15) is 12.6 Å². The number of quaternary nitrogens is 1. The van der Waals surface area contributed by atoms with E-state index in [2.05, 4.69) is 62.3 Å². The number of H-pyrrole nitrogens is 1. The molecule has 0 spiro atoms. The highest BCUT2D eigenvalue weighted by atomic mass is 16.2. The van der Waals surface area contributed by atoms with E-state index in [9.17, 15) is 9.59 Å². The maximum Gasteiger partial charge on any atom is 0.246 e. The second-order valence-electron chi connectivity index (χ2n) is 12.0. The van der Waals surface area contributed by atoms with E-state index < -0.39 is 6.04 Å². The molecule has 3 aromatic rings. The van der Waals surface area contributed by atoms with Crippen LogP contribution in [0.25, 0.3) is 10.9 Å². The van der Waals surface area contributed by atoms with E-state index >= 15 is 0 Å². The molecular weight excluding hydrogens is 436 g/mol. The van der Waals surface area contributed by atoms with Gasteiger partial charge in [0.25, 0.3) is 0 Å². The molecule has 2 amide bonds. The molecule has 3 aliphatic rings. The lowest BCUT2D eigenvalue weighted by molar-refractivity contribution is -0.788. The van der Waals surface area contributed by atoms with Gasteiger partial charge >= 0.3 is 0 Å². The van der Waals surface area contributed by atoms with Crippen molar-refractivity contribution in [1.82, 2.24) is 14.8 Å². The fourth-order valence-electron chi connectivity index (χ4n) is 7.26. The predicted octanol–water partition coefficient (Wildman–Crippen LogP) is 3.14. The Balaban J connectivity index is 1.44. The van der Waals surface area contributed by atoms with E-state index in [0.717, 1.165) is 40.6 Å². The first kappa shape index (κ1) is 22.4. The second kappa shape index (κ2) is 7.69. The third-order valence-electron chi connectivity index (χ3n) is 8.15. The van der Waals surface area contributed by atoms with Crippen LogP contribution in [0.5, 0.6) is 0 Å². The largest absolute Gasteiger partial charge is 0.356 e. The SMILES string of the molecule is CC1(C)CC(N2CC(=O)N3[C@H](c4ccccc4)c4[nH]c5ccccc5c4C[C@H]3C2=O)CC(C)(C)[NH2+]1. The maximum absolute atomic E-state index is 14.2. The molecule has 2 atom stereocenters. The zero-order chi connectivity index (χ0) is 24.5. The topological polar surface area (TPSA) is 73.0 Å². The Morgan fingerprint density at radius 2 is 1.57 bits per heavy atom. The third-order valence-corrected chi connectivity index (χ3v) is 8.15. The number of amides is 2. The number of aromatic amines is 1. The maximum atomic E-state index is 14.2. The van der Waals surface area contributed by atoms with Crippen LogP contribution in [0, 0.1) is 0 Å². The first-order valence-electron chi connectivity index (χ1n) is 12.8. The van der Waals surface area contributed by atoms with Gasteiger partial charge in [0, 0.05) is 41.9 Å². The van der Waals surface area contributed by atoms with E-state index in [4.69, 9.17) is 0 Å². The Kier molecular flexibility index (Phi) is 4.91. The molecule has 182 valence electrons. The van der Waals surface area contributed by atoms with Crippen LogP contribution in [0.3, 0.4) is 0 Å². The van der Waals surface area contributed by atoms with Crippen molar-refractivity contribution < 1.29 is 14.9 Å². The molecule has 0 bridgehead atoms. The number of piperazine rings is 1. The summed E-state index contributed by atoms with van der Waals surface area (Å²) >= 11 is 0. The summed E-state index contributed by atoms with van der Waals surface area (Å²) in [5.41, 5.74) is 4.34. The summed E-state index contributed by atoms with van der Waals surface area (Å²) in [6.07, 6.45) is 2.33. The molecular formula is C29H35N4O2+. The monoisotopic (exact) mass is 471 g/mol. The molecule has 35 heavy (non-hydrogen) atoms. The van der Waals surface area contributed by atoms with Gasteiger partial charge in [0.15, 0.2) is 0 Å². The first-order valence-corrected chi connectivity index (χ1v) is 12.8. The lowest BCUT2D eigenvalue weighted by Crippen LogP contribution is -3.06. The van der Waals surface area contributed by atoms with Gasteiger partial charge in [0.2, 0.25) is 11.8 Å². The fraction of sp³-hybridized carbons (Fsp3) is 0.448. The number of para-hydroxylation sites is 1. The van der Waals surface area contributed by atoms with E-state index in [1.807, 2.05) is 40.1 Å². The molecule has 0 radical (unpaired) electrons. The quantitative estimate of drug-likeness (QED) is 0.603. The number of carbonyl (C=O) groups is 2. The van der Waals surface area contributed by atoms with Crippen LogP contribution in [0.4, 0.5) is 0 Å². The third kappa shape index (κ3) is 3.66. The minimum absolute atomic E-state index is 0.0238. The van der Waals surface area contributed by atoms with Crippen molar-refractivity contribution in [3.05, 3.63) is 71.4 Å². The standard InChI is InChI=1S/C29H34N4O2/c1-28(2)15-19(16-29(3,4)31-28)32-17-24(34)33-23(27(32)35)14-21-20-12-8-9-13-22(20)30-25(21)26(33)18-10-6-5-7-11-18/h5-13,19,23,26,30-31H,14-17H2,1-4H3/p+1/t23-,26+/m0/s1. The Labute approximate surface area is 206 Å². The molecule has 1 aromatic heterocycles. The molecule has 0 aliphatic carbocycles. The van der Waals surface area contributed by atoms with Crippen molar-refractivity contribution in [2.24, 2.45) is 0 Å². The molecule has 0 unspecified atom stereocenters. The van der Waals surface area contributed by atoms with Gasteiger partial charge in [-0.1, -0.05) is 48.5 Å². The molecule has 6 nitrogen and oxygen atoms in total. The average Bonchev–Trinajstić information content (AvgIpc) is 3.17. The highest BCUT2D eigenvalue weighted by Crippen LogP contribution is 2.43. The lowest BCUT2D eigenvalue weighted by Gasteiger charge is -2.52. The average molecular weight is 472 g/mol. The number of hydrogen-bond donors (Lipinski definition) is 2. The van der Waals surface area contributed by atoms with Crippen molar-refractivity contribution >= 4 is 22.7 Å². The van der Waals surface area contributed by atoms with Crippen molar-refractivity contribution in [3.63, 3.8) is 0 Å². The zero-order valence-corrected chi connectivity index (χ0v) is 21.0. The Bertz CT molecular complexity index is 1290. The van der Waals surface area contributed by atoms with E-state index in [1.165, 1.54) is 0 Å². The molecule has 2 aromatic carbocycles. The summed E-state index contributed by atoms with van der Waals surface area (Å²) in [5, 5.41) is 3.57. The van der Waals surface area contributed by atoms with Crippen LogP contribution in [-0.4, -0.2) is 56.3 Å². The number of nitrogens with zero attached hydrogens (tertiary/aromatic N) is 2. The molecule has 3 N–H and O–H groups in total. The number of benzene rings is 2. The van der Waals surface area contributed by atoms with Crippen LogP contribution in [0.2, 0.25) is 0 Å². The van der Waals surface area contributed by atoms with E-state index in [0.29, 0.717) is 6.42 Å². The fourth-order valence-corrected chi connectivity index (χ4v) is 7.26. The molecule has 2 saturated heterocycles. The summed E-state index contributed by atoms with van der Waals surface area (Å²) in [6.45, 7) is 9.13. The number of rotatable bonds is 2. The van der Waals surface area contributed by atoms with Crippen molar-refractivity contribution in [2.45, 2.75) is 76.2 Å². The van der Waals surface area contributed by atoms with Crippen LogP contribution in [-0.2, 0) is 16.0 Å². The number of aromatic nitrogens is 1. The van der Waals surface area contributed by atoms with E-state index in [-0.39, 0.29) is 41.5 Å². The number of piperidine rings is 1. The van der Waals surface area contributed by atoms with Crippen LogP contribution in [0.15, 0.2) is 54.6 Å². The molecule has 0 saturated carbocycles. The van der Waals surface area contributed by atoms with Gasteiger partial charge in [-0.2, -0.15) is 0 Å². The minimum Gasteiger partial charge on any atom is -0.356 e. The highest BCUT2D eigenvalue weighted by molar-refractivity contribution is 5.97.